The molecule has 62 heavy (non-hydrogen) atoms. The van der Waals surface area contributed by atoms with Crippen molar-refractivity contribution in [2.24, 2.45) is 0 Å². The number of rotatable bonds is 49. The van der Waals surface area contributed by atoms with Gasteiger partial charge in [-0.15, -0.1) is 0 Å². The Morgan fingerprint density at radius 3 is 0.984 bits per heavy atom. The van der Waals surface area contributed by atoms with Gasteiger partial charge in [-0.05, 0) is 51.4 Å². The third-order valence-electron chi connectivity index (χ3n) is 11.9. The second-order valence-electron chi connectivity index (χ2n) is 18.1. The number of esters is 3. The minimum atomic E-state index is -0.768. The average molecular weight is 871 g/mol. The first-order valence-electron chi connectivity index (χ1n) is 27.0. The quantitative estimate of drug-likeness (QED) is 0.0262. The minimum absolute atomic E-state index is 0.0690. The highest BCUT2D eigenvalue weighted by Gasteiger charge is 2.19. The summed E-state index contributed by atoms with van der Waals surface area (Å²) in [6.45, 7) is 6.55. The predicted molar refractivity (Wildman–Crippen MR) is 266 cm³/mol. The van der Waals surface area contributed by atoms with Gasteiger partial charge in [0.1, 0.15) is 13.2 Å². The molecule has 0 saturated heterocycles. The first-order valence-corrected chi connectivity index (χ1v) is 27.0. The maximum Gasteiger partial charge on any atom is 0.306 e. The zero-order valence-electron chi connectivity index (χ0n) is 41.4. The summed E-state index contributed by atoms with van der Waals surface area (Å²) in [5, 5.41) is 0. The van der Waals surface area contributed by atoms with Crippen molar-refractivity contribution in [2.45, 2.75) is 290 Å². The number of unbranched alkanes of at least 4 members (excludes halogenated alkanes) is 32. The van der Waals surface area contributed by atoms with Crippen LogP contribution >= 0.6 is 0 Å². The maximum absolute atomic E-state index is 12.8. The summed E-state index contributed by atoms with van der Waals surface area (Å²) in [5.41, 5.74) is 0. The Morgan fingerprint density at radius 1 is 0.339 bits per heavy atom. The molecule has 0 heterocycles. The molecule has 0 fully saturated rings. The van der Waals surface area contributed by atoms with E-state index in [-0.39, 0.29) is 31.1 Å². The lowest BCUT2D eigenvalue weighted by atomic mass is 10.0. The molecule has 0 aromatic carbocycles. The molecule has 6 heteroatoms. The van der Waals surface area contributed by atoms with Gasteiger partial charge < -0.3 is 14.2 Å². The SMILES string of the molecule is CC/C=C\C/C=C\C/C=C\CCCCCCCCCCCC(=O)OCC(COC(=O)CCCCCCCCCCCCCC)OC(=O)CCCCCCCCCCCCCCC. The topological polar surface area (TPSA) is 78.9 Å². The number of allylic oxidation sites excluding steroid dienone is 6. The lowest BCUT2D eigenvalue weighted by Crippen LogP contribution is -2.30. The molecule has 0 N–H and O–H groups in total. The largest absolute Gasteiger partial charge is 0.462 e. The number of carbonyl (C=O) groups excluding carboxylic acids is 3. The van der Waals surface area contributed by atoms with Crippen molar-refractivity contribution in [1.29, 1.82) is 0 Å². The Kier molecular flexibility index (Phi) is 49.3. The van der Waals surface area contributed by atoms with Gasteiger partial charge in [0.05, 0.1) is 0 Å². The molecule has 362 valence electrons. The smallest absolute Gasteiger partial charge is 0.306 e. The highest BCUT2D eigenvalue weighted by molar-refractivity contribution is 5.71. The summed E-state index contributed by atoms with van der Waals surface area (Å²) in [6.07, 6.45) is 59.8. The zero-order chi connectivity index (χ0) is 45.1. The van der Waals surface area contributed by atoms with Gasteiger partial charge in [0, 0.05) is 19.3 Å². The Hall–Kier alpha value is -2.37. The monoisotopic (exact) mass is 871 g/mol. The molecule has 0 aliphatic heterocycles. The molecule has 0 saturated carbocycles. The summed E-state index contributed by atoms with van der Waals surface area (Å²) >= 11 is 0. The lowest BCUT2D eigenvalue weighted by Gasteiger charge is -2.18. The molecular formula is C56H102O6. The molecule has 0 aromatic rings. The fourth-order valence-corrected chi connectivity index (χ4v) is 7.87. The van der Waals surface area contributed by atoms with Gasteiger partial charge in [0.25, 0.3) is 0 Å². The van der Waals surface area contributed by atoms with Crippen LogP contribution in [0.3, 0.4) is 0 Å². The van der Waals surface area contributed by atoms with Crippen molar-refractivity contribution >= 4 is 17.9 Å². The van der Waals surface area contributed by atoms with Crippen LogP contribution < -0.4 is 0 Å². The van der Waals surface area contributed by atoms with E-state index in [0.29, 0.717) is 19.3 Å². The van der Waals surface area contributed by atoms with Crippen LogP contribution in [0, 0.1) is 0 Å². The first kappa shape index (κ1) is 59.6. The average Bonchev–Trinajstić information content (AvgIpc) is 3.27. The molecule has 0 aliphatic rings. The van der Waals surface area contributed by atoms with E-state index in [1.165, 1.54) is 167 Å². The van der Waals surface area contributed by atoms with E-state index < -0.39 is 6.10 Å². The Balaban J connectivity index is 4.30. The predicted octanol–water partition coefficient (Wildman–Crippen LogP) is 17.7. The maximum atomic E-state index is 12.8. The van der Waals surface area contributed by atoms with Crippen LogP contribution in [0.5, 0.6) is 0 Å². The van der Waals surface area contributed by atoms with Crippen LogP contribution in [0.4, 0.5) is 0 Å². The highest BCUT2D eigenvalue weighted by atomic mass is 16.6. The standard InChI is InChI=1S/C56H102O6/c1-4-7-10-13-16-19-22-25-26-27-28-29-30-32-34-37-40-43-46-49-55(58)61-52-53(51-60-54(57)48-45-42-39-36-33-24-21-18-15-12-9-6-3)62-56(59)50-47-44-41-38-35-31-23-20-17-14-11-8-5-2/h7,10,16,19,25-26,53H,4-6,8-9,11-15,17-18,20-24,27-52H2,1-3H3/b10-7-,19-16-,26-25-. The molecule has 0 bridgehead atoms. The van der Waals surface area contributed by atoms with Crippen LogP contribution in [0.1, 0.15) is 284 Å². The second-order valence-corrected chi connectivity index (χ2v) is 18.1. The molecule has 0 rings (SSSR count). The fourth-order valence-electron chi connectivity index (χ4n) is 7.87. The van der Waals surface area contributed by atoms with E-state index in [1.54, 1.807) is 0 Å². The minimum Gasteiger partial charge on any atom is -0.462 e. The summed E-state index contributed by atoms with van der Waals surface area (Å²) < 4.78 is 16.8. The van der Waals surface area contributed by atoms with Gasteiger partial charge in [-0.25, -0.2) is 0 Å². The molecule has 0 spiro atoms. The van der Waals surface area contributed by atoms with Crippen LogP contribution in [-0.2, 0) is 28.6 Å². The van der Waals surface area contributed by atoms with E-state index >= 15 is 0 Å². The lowest BCUT2D eigenvalue weighted by molar-refractivity contribution is -0.167. The van der Waals surface area contributed by atoms with Gasteiger partial charge in [-0.3, -0.25) is 14.4 Å². The third kappa shape index (κ3) is 48.7. The molecule has 0 aliphatic carbocycles. The van der Waals surface area contributed by atoms with Gasteiger partial charge >= 0.3 is 17.9 Å². The molecule has 6 nitrogen and oxygen atoms in total. The van der Waals surface area contributed by atoms with Crippen molar-refractivity contribution in [3.63, 3.8) is 0 Å². The van der Waals surface area contributed by atoms with Crippen molar-refractivity contribution in [3.05, 3.63) is 36.5 Å². The van der Waals surface area contributed by atoms with Crippen molar-refractivity contribution in [3.8, 4) is 0 Å². The van der Waals surface area contributed by atoms with E-state index in [1.807, 2.05) is 0 Å². The van der Waals surface area contributed by atoms with Crippen molar-refractivity contribution in [2.75, 3.05) is 13.2 Å². The Morgan fingerprint density at radius 2 is 0.629 bits per heavy atom. The third-order valence-corrected chi connectivity index (χ3v) is 11.9. The summed E-state index contributed by atoms with van der Waals surface area (Å²) in [7, 11) is 0. The van der Waals surface area contributed by atoms with Crippen molar-refractivity contribution in [1.82, 2.24) is 0 Å². The number of hydrogen-bond donors (Lipinski definition) is 0. The highest BCUT2D eigenvalue weighted by Crippen LogP contribution is 2.16. The number of hydrogen-bond acceptors (Lipinski definition) is 6. The fraction of sp³-hybridized carbons (Fsp3) is 0.839. The molecule has 1 unspecified atom stereocenters. The number of ether oxygens (including phenoxy) is 3. The first-order chi connectivity index (χ1) is 30.5. The molecule has 0 radical (unpaired) electrons. The van der Waals surface area contributed by atoms with Crippen LogP contribution in [0.15, 0.2) is 36.5 Å². The van der Waals surface area contributed by atoms with Crippen molar-refractivity contribution < 1.29 is 28.6 Å². The van der Waals surface area contributed by atoms with Gasteiger partial charge in [-0.2, -0.15) is 0 Å². The Labute approximate surface area is 385 Å². The van der Waals surface area contributed by atoms with Gasteiger partial charge in [0.15, 0.2) is 6.10 Å². The van der Waals surface area contributed by atoms with E-state index in [9.17, 15) is 14.4 Å². The molecular weight excluding hydrogens is 769 g/mol. The molecule has 1 atom stereocenters. The summed E-state index contributed by atoms with van der Waals surface area (Å²) in [6, 6.07) is 0. The summed E-state index contributed by atoms with van der Waals surface area (Å²) in [5.74, 6) is -0.861. The zero-order valence-corrected chi connectivity index (χ0v) is 41.4. The summed E-state index contributed by atoms with van der Waals surface area (Å²) in [4.78, 5) is 38.0. The van der Waals surface area contributed by atoms with E-state index in [0.717, 1.165) is 77.0 Å². The molecule has 0 aromatic heterocycles. The van der Waals surface area contributed by atoms with Crippen LogP contribution in [0.2, 0.25) is 0 Å². The number of carbonyl (C=O) groups is 3. The van der Waals surface area contributed by atoms with Crippen LogP contribution in [-0.4, -0.2) is 37.2 Å². The van der Waals surface area contributed by atoms with Gasteiger partial charge in [-0.1, -0.05) is 250 Å². The Bertz CT molecular complexity index is 1050. The van der Waals surface area contributed by atoms with E-state index in [2.05, 4.69) is 57.2 Å². The second kappa shape index (κ2) is 51.3. The normalized spacial score (nSPS) is 12.2. The van der Waals surface area contributed by atoms with Gasteiger partial charge in [0.2, 0.25) is 0 Å². The van der Waals surface area contributed by atoms with Crippen LogP contribution in [0.25, 0.3) is 0 Å². The molecule has 0 amide bonds. The van der Waals surface area contributed by atoms with E-state index in [4.69, 9.17) is 14.2 Å².